The molecule has 2 heterocycles. The molecule has 12 heteroatoms. The Labute approximate surface area is 171 Å². The van der Waals surface area contributed by atoms with Crippen LogP contribution in [0.15, 0.2) is 18.7 Å². The number of thiazole rings is 1. The van der Waals surface area contributed by atoms with Gasteiger partial charge < -0.3 is 10.0 Å². The van der Waals surface area contributed by atoms with Crippen LogP contribution < -0.4 is 4.90 Å². The van der Waals surface area contributed by atoms with E-state index in [4.69, 9.17) is 18.0 Å². The van der Waals surface area contributed by atoms with Crippen molar-refractivity contribution in [2.45, 2.75) is 25.2 Å². The van der Waals surface area contributed by atoms with Crippen LogP contribution in [0.5, 0.6) is 0 Å². The van der Waals surface area contributed by atoms with E-state index in [1.165, 1.54) is 11.2 Å². The largest absolute Gasteiger partial charge is 0.390 e. The van der Waals surface area contributed by atoms with Crippen molar-refractivity contribution in [3.8, 4) is 22.9 Å². The van der Waals surface area contributed by atoms with Crippen molar-refractivity contribution in [3.63, 3.8) is 0 Å². The highest BCUT2D eigenvalue weighted by Gasteiger charge is 2.28. The number of rotatable bonds is 9. The summed E-state index contributed by atoms with van der Waals surface area (Å²) in [5, 5.41) is 11.5. The third-order valence-corrected chi connectivity index (χ3v) is 6.34. The molecule has 0 aliphatic heterocycles. The number of aliphatic hydroxyl groups excluding tert-OH is 1. The second-order valence-electron chi connectivity index (χ2n) is 5.56. The molecule has 2 aromatic heterocycles. The minimum Gasteiger partial charge on any atom is -0.374 e. The maximum Gasteiger partial charge on any atom is 0.390 e. The van der Waals surface area contributed by atoms with Gasteiger partial charge in [-0.2, -0.15) is 13.2 Å². The van der Waals surface area contributed by atoms with E-state index in [-0.39, 0.29) is 23.9 Å². The number of hydrogen-bond acceptors (Lipinski definition) is 7. The summed E-state index contributed by atoms with van der Waals surface area (Å²) in [5.74, 6) is 1.78. The molecule has 2 aromatic rings. The van der Waals surface area contributed by atoms with Gasteiger partial charge in [-0.15, -0.1) is 6.42 Å². The minimum atomic E-state index is -4.36. The number of anilines is 1. The maximum atomic E-state index is 12.2. The molecule has 28 heavy (non-hydrogen) atoms. The zero-order valence-electron chi connectivity index (χ0n) is 14.4. The van der Waals surface area contributed by atoms with E-state index < -0.39 is 35.4 Å². The molecule has 0 spiro atoms. The molecule has 0 aliphatic carbocycles. The van der Waals surface area contributed by atoms with Gasteiger partial charge in [0.05, 0.1) is 13.0 Å². The van der Waals surface area contributed by atoms with Crippen LogP contribution in [-0.2, 0) is 10.8 Å². The van der Waals surface area contributed by atoms with E-state index in [0.29, 0.717) is 15.6 Å². The number of hydrogen-bond donors (Lipinski definition) is 1. The second-order valence-corrected chi connectivity index (χ2v) is 8.59. The number of alkyl halides is 3. The standard InChI is InChI=1S/C16H16ClF3N4O2S2/c1-2-5-24(12(25)3-6-28(26)7-4-16(18,19)20)15-13(17)23-14(27-15)11-8-21-10-22-9-11/h1,8-10,12,25H,3-7H2. The van der Waals surface area contributed by atoms with Gasteiger partial charge in [-0.25, -0.2) is 15.0 Å². The summed E-state index contributed by atoms with van der Waals surface area (Å²) >= 11 is 7.34. The zero-order valence-corrected chi connectivity index (χ0v) is 16.8. The molecule has 0 bridgehead atoms. The molecule has 0 aliphatic rings. The third kappa shape index (κ3) is 6.70. The summed E-state index contributed by atoms with van der Waals surface area (Å²) < 4.78 is 48.4. The van der Waals surface area contributed by atoms with Crippen LogP contribution in [0, 0.1) is 12.3 Å². The first-order chi connectivity index (χ1) is 13.2. The summed E-state index contributed by atoms with van der Waals surface area (Å²) in [5.41, 5.74) is 0.629. The van der Waals surface area contributed by atoms with Crippen molar-refractivity contribution in [3.05, 3.63) is 23.9 Å². The molecule has 0 fully saturated rings. The van der Waals surface area contributed by atoms with Gasteiger partial charge in [0, 0.05) is 46.7 Å². The van der Waals surface area contributed by atoms with E-state index in [2.05, 4.69) is 20.9 Å². The van der Waals surface area contributed by atoms with E-state index in [1.807, 2.05) is 0 Å². The molecule has 0 aromatic carbocycles. The van der Waals surface area contributed by atoms with Crippen LogP contribution in [0.4, 0.5) is 18.2 Å². The predicted octanol–water partition coefficient (Wildman–Crippen LogP) is 3.10. The Bertz CT molecular complexity index is 843. The highest BCUT2D eigenvalue weighted by atomic mass is 35.5. The van der Waals surface area contributed by atoms with Gasteiger partial charge in [-0.3, -0.25) is 4.21 Å². The van der Waals surface area contributed by atoms with Crippen LogP contribution in [0.25, 0.3) is 10.6 Å². The Morgan fingerprint density at radius 3 is 2.64 bits per heavy atom. The highest BCUT2D eigenvalue weighted by molar-refractivity contribution is 7.84. The first-order valence-electron chi connectivity index (χ1n) is 7.93. The minimum absolute atomic E-state index is 0.0109. The van der Waals surface area contributed by atoms with Crippen molar-refractivity contribution >= 4 is 38.7 Å². The number of terminal acetylenes is 1. The lowest BCUT2D eigenvalue weighted by Gasteiger charge is -2.26. The van der Waals surface area contributed by atoms with Gasteiger partial charge in [-0.1, -0.05) is 28.9 Å². The maximum absolute atomic E-state index is 12.2. The topological polar surface area (TPSA) is 79.2 Å². The second kappa shape index (κ2) is 10.2. The van der Waals surface area contributed by atoms with Crippen molar-refractivity contribution in [1.29, 1.82) is 0 Å². The Hall–Kier alpha value is -1.74. The lowest BCUT2D eigenvalue weighted by molar-refractivity contribution is -0.129. The summed E-state index contributed by atoms with van der Waals surface area (Å²) in [7, 11) is -1.71. The van der Waals surface area contributed by atoms with E-state index >= 15 is 0 Å². The molecule has 2 unspecified atom stereocenters. The molecular weight excluding hydrogens is 437 g/mol. The molecule has 6 nitrogen and oxygen atoms in total. The summed E-state index contributed by atoms with van der Waals surface area (Å²) in [6.45, 7) is -0.0109. The van der Waals surface area contributed by atoms with E-state index in [1.54, 1.807) is 12.4 Å². The van der Waals surface area contributed by atoms with Gasteiger partial charge in [0.15, 0.2) is 5.15 Å². The molecular formula is C16H16ClF3N4O2S2. The van der Waals surface area contributed by atoms with E-state index in [9.17, 15) is 22.5 Å². The van der Waals surface area contributed by atoms with Crippen LogP contribution in [-0.4, -0.2) is 54.7 Å². The summed E-state index contributed by atoms with van der Waals surface area (Å²) in [6, 6.07) is 0. The Morgan fingerprint density at radius 2 is 2.04 bits per heavy atom. The van der Waals surface area contributed by atoms with Crippen LogP contribution in [0.3, 0.4) is 0 Å². The van der Waals surface area contributed by atoms with Crippen molar-refractivity contribution in [1.82, 2.24) is 15.0 Å². The Morgan fingerprint density at radius 1 is 1.36 bits per heavy atom. The Kier molecular flexibility index (Phi) is 8.18. The van der Waals surface area contributed by atoms with Gasteiger partial charge in [-0.05, 0) is 0 Å². The molecule has 2 atom stereocenters. The predicted molar refractivity (Wildman–Crippen MR) is 104 cm³/mol. The normalized spacial score (nSPS) is 13.7. The van der Waals surface area contributed by atoms with Crippen molar-refractivity contribution in [2.24, 2.45) is 0 Å². The zero-order chi connectivity index (χ0) is 20.7. The fourth-order valence-electron chi connectivity index (χ4n) is 2.14. The number of nitrogens with zero attached hydrogens (tertiary/aromatic N) is 4. The van der Waals surface area contributed by atoms with Crippen LogP contribution in [0.1, 0.15) is 12.8 Å². The van der Waals surface area contributed by atoms with Crippen LogP contribution in [0.2, 0.25) is 5.15 Å². The fourth-order valence-corrected chi connectivity index (χ4v) is 4.61. The SMILES string of the molecule is C#CCN(c1sc(-c2cncnc2)nc1Cl)C(O)CCS(=O)CCC(F)(F)F. The molecule has 0 amide bonds. The van der Waals surface area contributed by atoms with Crippen molar-refractivity contribution < 1.29 is 22.5 Å². The fraction of sp³-hybridized carbons (Fsp3) is 0.438. The Balaban J connectivity index is 2.07. The highest BCUT2D eigenvalue weighted by Crippen LogP contribution is 2.38. The molecule has 0 saturated heterocycles. The average Bonchev–Trinajstić information content (AvgIpc) is 3.04. The number of aliphatic hydroxyl groups is 1. The first-order valence-corrected chi connectivity index (χ1v) is 10.6. The monoisotopic (exact) mass is 452 g/mol. The van der Waals surface area contributed by atoms with Gasteiger partial charge in [0.25, 0.3) is 0 Å². The lowest BCUT2D eigenvalue weighted by Crippen LogP contribution is -2.36. The molecule has 0 saturated carbocycles. The van der Waals surface area contributed by atoms with E-state index in [0.717, 1.165) is 11.3 Å². The van der Waals surface area contributed by atoms with Gasteiger partial charge in [0.2, 0.25) is 0 Å². The molecule has 152 valence electrons. The quantitative estimate of drug-likeness (QED) is 0.465. The third-order valence-electron chi connectivity index (χ3n) is 3.48. The first kappa shape index (κ1) is 22.5. The summed E-state index contributed by atoms with van der Waals surface area (Å²) in [6.07, 6.45) is 3.12. The lowest BCUT2D eigenvalue weighted by atomic mass is 10.3. The number of aromatic nitrogens is 3. The molecule has 1 N–H and O–H groups in total. The summed E-state index contributed by atoms with van der Waals surface area (Å²) in [4.78, 5) is 13.4. The van der Waals surface area contributed by atoms with Gasteiger partial charge >= 0.3 is 6.18 Å². The molecule has 0 radical (unpaired) electrons. The smallest absolute Gasteiger partial charge is 0.374 e. The van der Waals surface area contributed by atoms with Crippen LogP contribution >= 0.6 is 22.9 Å². The number of halogens is 4. The average molecular weight is 453 g/mol. The molecule has 2 rings (SSSR count). The van der Waals surface area contributed by atoms with Gasteiger partial charge in [0.1, 0.15) is 22.6 Å². The van der Waals surface area contributed by atoms with Crippen molar-refractivity contribution in [2.75, 3.05) is 23.0 Å².